The van der Waals surface area contributed by atoms with E-state index >= 15 is 0 Å². The molecule has 0 aliphatic heterocycles. The average molecular weight is 493 g/mol. The van der Waals surface area contributed by atoms with Crippen LogP contribution in [0.1, 0.15) is 44.5 Å². The molecule has 1 aliphatic rings. The summed E-state index contributed by atoms with van der Waals surface area (Å²) in [6.45, 7) is 12.9. The van der Waals surface area contributed by atoms with Crippen LogP contribution in [0.3, 0.4) is 0 Å². The molecule has 0 amide bonds. The van der Waals surface area contributed by atoms with Gasteiger partial charge < -0.3 is 0 Å². The van der Waals surface area contributed by atoms with E-state index in [4.69, 9.17) is 9.98 Å². The van der Waals surface area contributed by atoms with Crippen molar-refractivity contribution in [1.29, 1.82) is 0 Å². The molecule has 6 rings (SSSR count). The summed E-state index contributed by atoms with van der Waals surface area (Å²) in [6.07, 6.45) is 0. The van der Waals surface area contributed by atoms with Gasteiger partial charge in [0.25, 0.3) is 0 Å². The summed E-state index contributed by atoms with van der Waals surface area (Å²) < 4.78 is 0. The SMILES string of the molecule is Cc1cc(C)c(N=C2C(=Nc3c(C)cc(C)cc3C)c3ccc(-c4ccccc4)c4cccc2c34)c(C)c1. The lowest BCUT2D eigenvalue weighted by molar-refractivity contribution is 1.28. The topological polar surface area (TPSA) is 24.7 Å². The number of nitrogens with zero attached hydrogens (tertiary/aromatic N) is 2. The minimum Gasteiger partial charge on any atom is -0.246 e. The van der Waals surface area contributed by atoms with Crippen LogP contribution in [0.25, 0.3) is 21.9 Å². The third kappa shape index (κ3) is 3.97. The molecule has 0 fully saturated rings. The molecule has 0 unspecified atom stereocenters. The second kappa shape index (κ2) is 9.22. The van der Waals surface area contributed by atoms with Crippen LogP contribution in [-0.4, -0.2) is 11.4 Å². The molecule has 2 nitrogen and oxygen atoms in total. The Morgan fingerprint density at radius 1 is 0.447 bits per heavy atom. The lowest BCUT2D eigenvalue weighted by Crippen LogP contribution is -2.11. The van der Waals surface area contributed by atoms with E-state index in [0.717, 1.165) is 33.9 Å². The van der Waals surface area contributed by atoms with E-state index in [9.17, 15) is 0 Å². The maximum Gasteiger partial charge on any atom is 0.0979 e. The number of hydrogen-bond donors (Lipinski definition) is 0. The fourth-order valence-corrected chi connectivity index (χ4v) is 6.07. The quantitative estimate of drug-likeness (QED) is 0.239. The van der Waals surface area contributed by atoms with Crippen LogP contribution in [0.4, 0.5) is 11.4 Å². The second-order valence-corrected chi connectivity index (χ2v) is 10.7. The zero-order chi connectivity index (χ0) is 26.6. The monoisotopic (exact) mass is 492 g/mol. The van der Waals surface area contributed by atoms with Gasteiger partial charge in [0, 0.05) is 16.5 Å². The Morgan fingerprint density at radius 3 is 1.45 bits per heavy atom. The minimum absolute atomic E-state index is 0.949. The molecule has 0 heterocycles. The lowest BCUT2D eigenvalue weighted by atomic mass is 9.95. The first-order valence-corrected chi connectivity index (χ1v) is 13.3. The Bertz CT molecular complexity index is 1680. The summed E-state index contributed by atoms with van der Waals surface area (Å²) in [7, 11) is 0. The van der Waals surface area contributed by atoms with Gasteiger partial charge in [-0.15, -0.1) is 0 Å². The predicted molar refractivity (Wildman–Crippen MR) is 163 cm³/mol. The molecule has 186 valence electrons. The Balaban J connectivity index is 1.68. The lowest BCUT2D eigenvalue weighted by Gasteiger charge is -2.11. The highest BCUT2D eigenvalue weighted by Gasteiger charge is 2.29. The number of rotatable bonds is 3. The molecule has 0 aromatic heterocycles. The van der Waals surface area contributed by atoms with Crippen molar-refractivity contribution in [2.45, 2.75) is 41.5 Å². The zero-order valence-corrected chi connectivity index (χ0v) is 23.0. The largest absolute Gasteiger partial charge is 0.246 e. The highest BCUT2D eigenvalue weighted by Crippen LogP contribution is 2.40. The fourth-order valence-electron chi connectivity index (χ4n) is 6.07. The Morgan fingerprint density at radius 2 is 0.921 bits per heavy atom. The van der Waals surface area contributed by atoms with Crippen molar-refractivity contribution in [1.82, 2.24) is 0 Å². The van der Waals surface area contributed by atoms with Crippen LogP contribution in [0, 0.1) is 41.5 Å². The Hall–Kier alpha value is -4.30. The molecule has 5 aromatic carbocycles. The van der Waals surface area contributed by atoms with Crippen LogP contribution >= 0.6 is 0 Å². The molecule has 0 saturated carbocycles. The van der Waals surface area contributed by atoms with Crippen molar-refractivity contribution >= 4 is 33.6 Å². The van der Waals surface area contributed by atoms with Gasteiger partial charge in [0.1, 0.15) is 0 Å². The summed E-state index contributed by atoms with van der Waals surface area (Å²) in [4.78, 5) is 10.8. The van der Waals surface area contributed by atoms with Gasteiger partial charge in [0.2, 0.25) is 0 Å². The predicted octanol–water partition coefficient (Wildman–Crippen LogP) is 9.61. The van der Waals surface area contributed by atoms with Gasteiger partial charge in [0.15, 0.2) is 0 Å². The van der Waals surface area contributed by atoms with Crippen molar-refractivity contribution in [2.75, 3.05) is 0 Å². The Labute approximate surface area is 225 Å². The number of aliphatic imine (C=N–C) groups is 2. The van der Waals surface area contributed by atoms with Crippen LogP contribution < -0.4 is 0 Å². The zero-order valence-electron chi connectivity index (χ0n) is 23.0. The van der Waals surface area contributed by atoms with Gasteiger partial charge in [-0.2, -0.15) is 0 Å². The third-order valence-electron chi connectivity index (χ3n) is 7.58. The number of aryl methyl sites for hydroxylation is 6. The summed E-state index contributed by atoms with van der Waals surface area (Å²) in [5.74, 6) is 0. The molecule has 0 saturated heterocycles. The maximum absolute atomic E-state index is 5.38. The molecular weight excluding hydrogens is 460 g/mol. The van der Waals surface area contributed by atoms with Gasteiger partial charge in [0.05, 0.1) is 22.8 Å². The van der Waals surface area contributed by atoms with Gasteiger partial charge >= 0.3 is 0 Å². The molecule has 2 heteroatoms. The van der Waals surface area contributed by atoms with Gasteiger partial charge in [-0.25, -0.2) is 9.98 Å². The van der Waals surface area contributed by atoms with Crippen molar-refractivity contribution in [3.05, 3.63) is 129 Å². The Kier molecular flexibility index (Phi) is 5.84. The first-order valence-electron chi connectivity index (χ1n) is 13.3. The number of hydrogen-bond acceptors (Lipinski definition) is 2. The molecule has 38 heavy (non-hydrogen) atoms. The van der Waals surface area contributed by atoms with Crippen molar-refractivity contribution in [3.8, 4) is 11.1 Å². The molecule has 0 radical (unpaired) electrons. The van der Waals surface area contributed by atoms with E-state index in [2.05, 4.69) is 126 Å². The van der Waals surface area contributed by atoms with E-state index in [-0.39, 0.29) is 0 Å². The molecule has 0 spiro atoms. The highest BCUT2D eigenvalue weighted by molar-refractivity contribution is 6.61. The maximum atomic E-state index is 5.38. The summed E-state index contributed by atoms with van der Waals surface area (Å²) >= 11 is 0. The smallest absolute Gasteiger partial charge is 0.0979 e. The fraction of sp³-hybridized carbons (Fsp3) is 0.167. The molecule has 5 aromatic rings. The standard InChI is InChI=1S/C36H32N2/c1-21-17-23(3)33(24(4)18-21)37-35-30-14-10-13-29-28(27-11-8-7-9-12-27)15-16-31(32(29)30)36(35)38-34-25(5)19-22(2)20-26(34)6/h7-20H,1-6H3. The van der Waals surface area contributed by atoms with E-state index in [0.29, 0.717) is 0 Å². The molecule has 0 bridgehead atoms. The average Bonchev–Trinajstić information content (AvgIpc) is 3.18. The van der Waals surface area contributed by atoms with Crippen LogP contribution in [0.15, 0.2) is 94.9 Å². The van der Waals surface area contributed by atoms with Crippen LogP contribution in [-0.2, 0) is 0 Å². The van der Waals surface area contributed by atoms with E-state index in [1.165, 1.54) is 55.3 Å². The van der Waals surface area contributed by atoms with Crippen molar-refractivity contribution in [3.63, 3.8) is 0 Å². The van der Waals surface area contributed by atoms with Crippen molar-refractivity contribution < 1.29 is 0 Å². The van der Waals surface area contributed by atoms with Gasteiger partial charge in [-0.1, -0.05) is 96.1 Å². The third-order valence-corrected chi connectivity index (χ3v) is 7.58. The first-order chi connectivity index (χ1) is 18.3. The van der Waals surface area contributed by atoms with Gasteiger partial charge in [-0.05, 0) is 80.3 Å². The van der Waals surface area contributed by atoms with Crippen LogP contribution in [0.5, 0.6) is 0 Å². The normalized spacial score (nSPS) is 14.7. The molecule has 1 aliphatic carbocycles. The minimum atomic E-state index is 0.949. The molecule has 0 N–H and O–H groups in total. The molecular formula is C36H32N2. The van der Waals surface area contributed by atoms with Crippen LogP contribution in [0.2, 0.25) is 0 Å². The van der Waals surface area contributed by atoms with Gasteiger partial charge in [-0.3, -0.25) is 0 Å². The summed E-state index contributed by atoms with van der Waals surface area (Å²) in [6, 6.07) is 30.6. The first kappa shape index (κ1) is 24.1. The van der Waals surface area contributed by atoms with E-state index in [1.54, 1.807) is 0 Å². The van der Waals surface area contributed by atoms with E-state index < -0.39 is 0 Å². The summed E-state index contributed by atoms with van der Waals surface area (Å²) in [5, 5.41) is 2.47. The van der Waals surface area contributed by atoms with E-state index in [1.807, 2.05) is 0 Å². The second-order valence-electron chi connectivity index (χ2n) is 10.7. The summed E-state index contributed by atoms with van der Waals surface area (Å²) in [5.41, 5.74) is 16.0. The number of benzene rings is 5. The molecule has 0 atom stereocenters. The highest BCUT2D eigenvalue weighted by atomic mass is 14.8. The van der Waals surface area contributed by atoms with Crippen molar-refractivity contribution in [2.24, 2.45) is 9.98 Å².